The van der Waals surface area contributed by atoms with Gasteiger partial charge in [0, 0.05) is 30.7 Å². The number of anilines is 1. The first-order chi connectivity index (χ1) is 8.20. The number of benzene rings is 1. The molecule has 1 unspecified atom stereocenters. The van der Waals surface area contributed by atoms with E-state index in [2.05, 4.69) is 17.1 Å². The van der Waals surface area contributed by atoms with Crippen molar-refractivity contribution in [1.29, 1.82) is 0 Å². The summed E-state index contributed by atoms with van der Waals surface area (Å²) in [7, 11) is 0. The van der Waals surface area contributed by atoms with Crippen LogP contribution in [0.1, 0.15) is 19.8 Å². The topological polar surface area (TPSA) is 15.3 Å². The van der Waals surface area contributed by atoms with E-state index >= 15 is 0 Å². The maximum absolute atomic E-state index is 6.23. The van der Waals surface area contributed by atoms with Gasteiger partial charge in [0.05, 0.1) is 10.7 Å². The third-order valence-electron chi connectivity index (χ3n) is 3.14. The summed E-state index contributed by atoms with van der Waals surface area (Å²) >= 11 is 12.3. The van der Waals surface area contributed by atoms with E-state index in [1.165, 1.54) is 12.8 Å². The van der Waals surface area contributed by atoms with Gasteiger partial charge in [-0.25, -0.2) is 0 Å². The van der Waals surface area contributed by atoms with Crippen molar-refractivity contribution in [2.75, 3.05) is 24.5 Å². The first-order valence-electron chi connectivity index (χ1n) is 6.14. The van der Waals surface area contributed by atoms with Gasteiger partial charge in [0.25, 0.3) is 0 Å². The summed E-state index contributed by atoms with van der Waals surface area (Å²) in [6.45, 7) is 5.22. The Labute approximate surface area is 113 Å². The average Bonchev–Trinajstić information content (AvgIpc) is 2.33. The van der Waals surface area contributed by atoms with Crippen LogP contribution in [0.3, 0.4) is 0 Å². The van der Waals surface area contributed by atoms with Crippen molar-refractivity contribution in [2.24, 2.45) is 0 Å². The van der Waals surface area contributed by atoms with E-state index < -0.39 is 0 Å². The minimum atomic E-state index is 0.559. The fourth-order valence-electron chi connectivity index (χ4n) is 2.31. The molecule has 0 saturated carbocycles. The van der Waals surface area contributed by atoms with Crippen molar-refractivity contribution >= 4 is 28.9 Å². The van der Waals surface area contributed by atoms with Crippen LogP contribution in [0.25, 0.3) is 0 Å². The Morgan fingerprint density at radius 3 is 3.00 bits per heavy atom. The molecule has 0 radical (unpaired) electrons. The van der Waals surface area contributed by atoms with E-state index in [0.717, 1.165) is 35.4 Å². The van der Waals surface area contributed by atoms with Gasteiger partial charge in [0.15, 0.2) is 0 Å². The molecule has 0 bridgehead atoms. The molecule has 1 N–H and O–H groups in total. The molecule has 2 rings (SSSR count). The molecule has 0 spiro atoms. The fourth-order valence-corrected chi connectivity index (χ4v) is 2.72. The molecule has 1 aliphatic rings. The van der Waals surface area contributed by atoms with Crippen molar-refractivity contribution in [3.8, 4) is 0 Å². The van der Waals surface area contributed by atoms with Crippen molar-refractivity contribution in [3.05, 3.63) is 28.2 Å². The summed E-state index contributed by atoms with van der Waals surface area (Å²) < 4.78 is 0. The molecule has 4 heteroatoms. The molecule has 1 fully saturated rings. The lowest BCUT2D eigenvalue weighted by Crippen LogP contribution is -2.50. The largest absolute Gasteiger partial charge is 0.367 e. The average molecular weight is 273 g/mol. The first-order valence-corrected chi connectivity index (χ1v) is 6.89. The molecule has 0 aliphatic carbocycles. The lowest BCUT2D eigenvalue weighted by Gasteiger charge is -2.35. The van der Waals surface area contributed by atoms with Crippen molar-refractivity contribution < 1.29 is 0 Å². The molecule has 1 aliphatic heterocycles. The number of nitrogens with one attached hydrogen (secondary N) is 1. The summed E-state index contributed by atoms with van der Waals surface area (Å²) in [5.41, 5.74) is 1.06. The molecule has 0 aromatic heterocycles. The second kappa shape index (κ2) is 5.94. The van der Waals surface area contributed by atoms with E-state index in [9.17, 15) is 0 Å². The van der Waals surface area contributed by atoms with E-state index in [1.54, 1.807) is 0 Å². The second-order valence-corrected chi connectivity index (χ2v) is 5.33. The number of hydrogen-bond acceptors (Lipinski definition) is 2. The molecule has 17 heavy (non-hydrogen) atoms. The molecule has 0 amide bonds. The summed E-state index contributed by atoms with van der Waals surface area (Å²) in [6, 6.07) is 6.22. The highest BCUT2D eigenvalue weighted by Crippen LogP contribution is 2.29. The molecule has 2 nitrogen and oxygen atoms in total. The minimum absolute atomic E-state index is 0.559. The van der Waals surface area contributed by atoms with Gasteiger partial charge in [-0.2, -0.15) is 0 Å². The van der Waals surface area contributed by atoms with Gasteiger partial charge >= 0.3 is 0 Å². The smallest absolute Gasteiger partial charge is 0.0640 e. The van der Waals surface area contributed by atoms with E-state index in [0.29, 0.717) is 6.04 Å². The number of piperazine rings is 1. The van der Waals surface area contributed by atoms with Gasteiger partial charge in [-0.15, -0.1) is 0 Å². The minimum Gasteiger partial charge on any atom is -0.367 e. The Hall–Kier alpha value is -0.440. The van der Waals surface area contributed by atoms with Crippen molar-refractivity contribution in [2.45, 2.75) is 25.8 Å². The SMILES string of the molecule is CCCC1CN(c2cc(Cl)ccc2Cl)CCN1. The van der Waals surface area contributed by atoms with Gasteiger partial charge in [-0.05, 0) is 24.6 Å². The predicted molar refractivity (Wildman–Crippen MR) is 75.4 cm³/mol. The van der Waals surface area contributed by atoms with Crippen LogP contribution in [0.4, 0.5) is 5.69 Å². The highest BCUT2D eigenvalue weighted by molar-refractivity contribution is 6.35. The van der Waals surface area contributed by atoms with E-state index in [-0.39, 0.29) is 0 Å². The zero-order chi connectivity index (χ0) is 12.3. The molecule has 1 heterocycles. The normalized spacial score (nSPS) is 20.6. The van der Waals surface area contributed by atoms with Crippen molar-refractivity contribution in [3.63, 3.8) is 0 Å². The summed E-state index contributed by atoms with van der Waals surface area (Å²) in [5.74, 6) is 0. The standard InChI is InChI=1S/C13H18Cl2N2/c1-2-3-11-9-17(7-6-16-11)13-8-10(14)4-5-12(13)15/h4-5,8,11,16H,2-3,6-7,9H2,1H3. The van der Waals surface area contributed by atoms with Crippen LogP contribution in [0.15, 0.2) is 18.2 Å². The highest BCUT2D eigenvalue weighted by atomic mass is 35.5. The summed E-state index contributed by atoms with van der Waals surface area (Å²) in [6.07, 6.45) is 2.41. The van der Waals surface area contributed by atoms with Gasteiger partial charge in [0.2, 0.25) is 0 Å². The Balaban J connectivity index is 2.13. The van der Waals surface area contributed by atoms with Crippen LogP contribution < -0.4 is 10.2 Å². The summed E-state index contributed by atoms with van der Waals surface area (Å²) in [4.78, 5) is 2.32. The molecule has 1 aromatic rings. The van der Waals surface area contributed by atoms with E-state index in [1.807, 2.05) is 18.2 Å². The number of rotatable bonds is 3. The highest BCUT2D eigenvalue weighted by Gasteiger charge is 2.20. The maximum atomic E-state index is 6.23. The third-order valence-corrected chi connectivity index (χ3v) is 3.70. The van der Waals surface area contributed by atoms with Crippen LogP contribution in [0.2, 0.25) is 10.0 Å². The zero-order valence-electron chi connectivity index (χ0n) is 10.0. The third kappa shape index (κ3) is 3.27. The predicted octanol–water partition coefficient (Wildman–Crippen LogP) is 3.57. The quantitative estimate of drug-likeness (QED) is 0.905. The Morgan fingerprint density at radius 2 is 2.24 bits per heavy atom. The fraction of sp³-hybridized carbons (Fsp3) is 0.538. The first kappa shape index (κ1) is 13.0. The Kier molecular flexibility index (Phi) is 4.55. The molecular formula is C13H18Cl2N2. The lowest BCUT2D eigenvalue weighted by atomic mass is 10.1. The zero-order valence-corrected chi connectivity index (χ0v) is 11.6. The number of hydrogen-bond donors (Lipinski definition) is 1. The second-order valence-electron chi connectivity index (χ2n) is 4.48. The molecule has 94 valence electrons. The van der Waals surface area contributed by atoms with Crippen LogP contribution in [-0.2, 0) is 0 Å². The Morgan fingerprint density at radius 1 is 1.41 bits per heavy atom. The van der Waals surface area contributed by atoms with Gasteiger partial charge < -0.3 is 10.2 Å². The molecule has 1 saturated heterocycles. The Bertz CT molecular complexity index is 380. The van der Waals surface area contributed by atoms with Crippen LogP contribution >= 0.6 is 23.2 Å². The number of nitrogens with zero attached hydrogens (tertiary/aromatic N) is 1. The van der Waals surface area contributed by atoms with Crippen LogP contribution in [-0.4, -0.2) is 25.7 Å². The van der Waals surface area contributed by atoms with Gasteiger partial charge in [0.1, 0.15) is 0 Å². The number of halogens is 2. The maximum Gasteiger partial charge on any atom is 0.0640 e. The monoisotopic (exact) mass is 272 g/mol. The van der Waals surface area contributed by atoms with Crippen molar-refractivity contribution in [1.82, 2.24) is 5.32 Å². The van der Waals surface area contributed by atoms with Gasteiger partial charge in [-0.3, -0.25) is 0 Å². The molecule has 1 atom stereocenters. The van der Waals surface area contributed by atoms with Crippen LogP contribution in [0.5, 0.6) is 0 Å². The lowest BCUT2D eigenvalue weighted by molar-refractivity contribution is 0.431. The van der Waals surface area contributed by atoms with Gasteiger partial charge in [-0.1, -0.05) is 36.5 Å². The van der Waals surface area contributed by atoms with Crippen LogP contribution in [0, 0.1) is 0 Å². The summed E-state index contributed by atoms with van der Waals surface area (Å²) in [5, 5.41) is 5.07. The molecular weight excluding hydrogens is 255 g/mol. The van der Waals surface area contributed by atoms with E-state index in [4.69, 9.17) is 23.2 Å². The molecule has 1 aromatic carbocycles.